The number of rotatable bonds is 9. The zero-order chi connectivity index (χ0) is 20.4. The lowest BCUT2D eigenvalue weighted by molar-refractivity contribution is -0.0504. The molecule has 0 fully saturated rings. The minimum Gasteiger partial charge on any atom is -0.497 e. The second-order valence-corrected chi connectivity index (χ2v) is 8.96. The molecule has 0 radical (unpaired) electrons. The standard InChI is InChI=1S/C18H29F2N3O3S.HI/c1-6-21-17(22-9-10-27(24)18(2,3)4)23-12-13-11-14(25-5)7-8-15(13)26-16(19)20;/h7-8,11,16H,6,9-10,12H2,1-5H3,(H2,21,22,23);1H. The molecule has 0 aliphatic rings. The summed E-state index contributed by atoms with van der Waals surface area (Å²) in [4.78, 5) is 4.40. The first-order valence-corrected chi connectivity index (χ1v) is 10.0. The van der Waals surface area contributed by atoms with E-state index >= 15 is 0 Å². The van der Waals surface area contributed by atoms with Gasteiger partial charge in [-0.25, -0.2) is 4.99 Å². The molecular formula is C18H30F2IN3O3S. The van der Waals surface area contributed by atoms with Gasteiger partial charge in [0.15, 0.2) is 5.96 Å². The van der Waals surface area contributed by atoms with Crippen molar-refractivity contribution in [3.05, 3.63) is 23.8 Å². The third-order valence-electron chi connectivity index (χ3n) is 3.50. The number of ether oxygens (including phenoxy) is 2. The Labute approximate surface area is 185 Å². The molecule has 0 saturated heterocycles. The number of guanidine groups is 1. The average Bonchev–Trinajstić information content (AvgIpc) is 2.59. The normalized spacial score (nSPS) is 12.9. The van der Waals surface area contributed by atoms with Crippen molar-refractivity contribution in [2.45, 2.75) is 45.6 Å². The van der Waals surface area contributed by atoms with E-state index in [2.05, 4.69) is 20.4 Å². The molecule has 0 saturated carbocycles. The number of hydrogen-bond acceptors (Lipinski definition) is 4. The predicted octanol–water partition coefficient (Wildman–Crippen LogP) is 3.52. The van der Waals surface area contributed by atoms with Gasteiger partial charge in [-0.2, -0.15) is 8.78 Å². The van der Waals surface area contributed by atoms with Gasteiger partial charge in [0.2, 0.25) is 0 Å². The van der Waals surface area contributed by atoms with Crippen LogP contribution < -0.4 is 20.1 Å². The van der Waals surface area contributed by atoms with Crippen LogP contribution in [0.2, 0.25) is 0 Å². The summed E-state index contributed by atoms with van der Waals surface area (Å²) in [5, 5.41) is 6.18. The number of nitrogens with one attached hydrogen (secondary N) is 2. The predicted molar refractivity (Wildman–Crippen MR) is 121 cm³/mol. The summed E-state index contributed by atoms with van der Waals surface area (Å²) in [5.74, 6) is 1.57. The van der Waals surface area contributed by atoms with Crippen molar-refractivity contribution in [1.82, 2.24) is 10.6 Å². The van der Waals surface area contributed by atoms with Gasteiger partial charge in [0, 0.05) is 40.0 Å². The minimum absolute atomic E-state index is 0. The highest BCUT2D eigenvalue weighted by atomic mass is 127. The third kappa shape index (κ3) is 9.85. The van der Waals surface area contributed by atoms with E-state index in [0.29, 0.717) is 36.1 Å². The van der Waals surface area contributed by atoms with E-state index in [1.54, 1.807) is 12.1 Å². The van der Waals surface area contributed by atoms with E-state index in [1.807, 2.05) is 27.7 Å². The molecule has 1 aromatic carbocycles. The molecule has 2 N–H and O–H groups in total. The minimum atomic E-state index is -2.92. The third-order valence-corrected chi connectivity index (χ3v) is 5.44. The lowest BCUT2D eigenvalue weighted by atomic mass is 10.2. The van der Waals surface area contributed by atoms with Gasteiger partial charge in [0.1, 0.15) is 11.5 Å². The van der Waals surface area contributed by atoms with Crippen molar-refractivity contribution in [2.75, 3.05) is 26.0 Å². The van der Waals surface area contributed by atoms with Gasteiger partial charge in [-0.3, -0.25) is 4.21 Å². The number of aliphatic imine (C=N–C) groups is 1. The van der Waals surface area contributed by atoms with Gasteiger partial charge >= 0.3 is 6.61 Å². The van der Waals surface area contributed by atoms with Gasteiger partial charge in [0.05, 0.1) is 13.7 Å². The molecule has 1 unspecified atom stereocenters. The van der Waals surface area contributed by atoms with E-state index in [4.69, 9.17) is 4.74 Å². The number of methoxy groups -OCH3 is 1. The molecule has 162 valence electrons. The summed E-state index contributed by atoms with van der Waals surface area (Å²) >= 11 is 0. The Morgan fingerprint density at radius 1 is 1.29 bits per heavy atom. The van der Waals surface area contributed by atoms with E-state index in [-0.39, 0.29) is 41.0 Å². The number of hydrogen-bond donors (Lipinski definition) is 2. The zero-order valence-corrected chi connectivity index (χ0v) is 20.0. The van der Waals surface area contributed by atoms with Crippen LogP contribution in [0.25, 0.3) is 0 Å². The Kier molecular flexibility index (Phi) is 12.6. The van der Waals surface area contributed by atoms with Gasteiger partial charge in [-0.05, 0) is 45.9 Å². The van der Waals surface area contributed by atoms with E-state index in [9.17, 15) is 13.0 Å². The van der Waals surface area contributed by atoms with Crippen molar-refractivity contribution < 1.29 is 22.5 Å². The van der Waals surface area contributed by atoms with Gasteiger partial charge in [-0.15, -0.1) is 24.0 Å². The van der Waals surface area contributed by atoms with Crippen LogP contribution in [0, 0.1) is 0 Å². The van der Waals surface area contributed by atoms with Crippen LogP contribution in [-0.4, -0.2) is 47.5 Å². The molecule has 0 spiro atoms. The maximum atomic E-state index is 12.6. The van der Waals surface area contributed by atoms with Gasteiger partial charge < -0.3 is 20.1 Å². The molecule has 0 aliphatic heterocycles. The van der Waals surface area contributed by atoms with E-state index < -0.39 is 17.4 Å². The molecule has 6 nitrogen and oxygen atoms in total. The first-order valence-electron chi connectivity index (χ1n) is 8.69. The molecule has 10 heteroatoms. The molecule has 0 aliphatic carbocycles. The molecular weight excluding hydrogens is 503 g/mol. The van der Waals surface area contributed by atoms with Crippen LogP contribution >= 0.6 is 24.0 Å². The Bertz CT molecular complexity index is 655. The van der Waals surface area contributed by atoms with Crippen molar-refractivity contribution in [1.29, 1.82) is 0 Å². The van der Waals surface area contributed by atoms with Crippen molar-refractivity contribution in [2.24, 2.45) is 4.99 Å². The van der Waals surface area contributed by atoms with Crippen LogP contribution in [0.3, 0.4) is 0 Å². The molecule has 0 bridgehead atoms. The first kappa shape index (κ1) is 26.8. The number of alkyl halides is 2. The average molecular weight is 533 g/mol. The summed E-state index contributed by atoms with van der Waals surface area (Å²) in [7, 11) is 0.520. The quantitative estimate of drug-likeness (QED) is 0.289. The van der Waals surface area contributed by atoms with Crippen molar-refractivity contribution in [3.8, 4) is 11.5 Å². The monoisotopic (exact) mass is 533 g/mol. The molecule has 1 rings (SSSR count). The second-order valence-electron chi connectivity index (χ2n) is 6.64. The Morgan fingerprint density at radius 3 is 2.50 bits per heavy atom. The highest BCUT2D eigenvalue weighted by Gasteiger charge is 2.18. The molecule has 0 heterocycles. The number of nitrogens with zero attached hydrogens (tertiary/aromatic N) is 1. The fourth-order valence-corrected chi connectivity index (χ4v) is 2.99. The van der Waals surface area contributed by atoms with Gasteiger partial charge in [-0.1, -0.05) is 0 Å². The second kappa shape index (κ2) is 13.1. The summed E-state index contributed by atoms with van der Waals surface area (Å²) in [6.07, 6.45) is 0. The van der Waals surface area contributed by atoms with Crippen molar-refractivity contribution >= 4 is 40.7 Å². The Hall–Kier alpha value is -1.17. The Balaban J connectivity index is 0.00000729. The SMILES string of the molecule is CCNC(=NCc1cc(OC)ccc1OC(F)F)NCCS(=O)C(C)(C)C.I. The molecule has 0 aromatic heterocycles. The maximum Gasteiger partial charge on any atom is 0.387 e. The fraction of sp³-hybridized carbons (Fsp3) is 0.611. The summed E-state index contributed by atoms with van der Waals surface area (Å²) in [6.45, 7) is 6.01. The zero-order valence-electron chi connectivity index (χ0n) is 16.9. The van der Waals surface area contributed by atoms with E-state index in [1.165, 1.54) is 13.2 Å². The number of benzene rings is 1. The largest absolute Gasteiger partial charge is 0.497 e. The van der Waals surface area contributed by atoms with Crippen LogP contribution in [0.1, 0.15) is 33.3 Å². The topological polar surface area (TPSA) is 72.0 Å². The highest BCUT2D eigenvalue weighted by Crippen LogP contribution is 2.26. The molecule has 28 heavy (non-hydrogen) atoms. The number of halogens is 3. The lowest BCUT2D eigenvalue weighted by Gasteiger charge is -2.18. The maximum absolute atomic E-state index is 12.6. The fourth-order valence-electron chi connectivity index (χ4n) is 2.09. The summed E-state index contributed by atoms with van der Waals surface area (Å²) < 4.78 is 46.7. The molecule has 1 atom stereocenters. The van der Waals surface area contributed by atoms with Gasteiger partial charge in [0.25, 0.3) is 0 Å². The van der Waals surface area contributed by atoms with Crippen LogP contribution in [0.4, 0.5) is 8.78 Å². The molecule has 0 amide bonds. The lowest BCUT2D eigenvalue weighted by Crippen LogP contribution is -2.40. The summed E-state index contributed by atoms with van der Waals surface area (Å²) in [6, 6.07) is 4.60. The summed E-state index contributed by atoms with van der Waals surface area (Å²) in [5.41, 5.74) is 0.477. The smallest absolute Gasteiger partial charge is 0.387 e. The Morgan fingerprint density at radius 2 is 1.96 bits per heavy atom. The van der Waals surface area contributed by atoms with Crippen LogP contribution in [-0.2, 0) is 17.3 Å². The molecule has 1 aromatic rings. The van der Waals surface area contributed by atoms with E-state index in [0.717, 1.165) is 0 Å². The van der Waals surface area contributed by atoms with Crippen molar-refractivity contribution in [3.63, 3.8) is 0 Å². The van der Waals surface area contributed by atoms with Crippen LogP contribution in [0.15, 0.2) is 23.2 Å². The first-order chi connectivity index (χ1) is 12.7. The van der Waals surface area contributed by atoms with Crippen LogP contribution in [0.5, 0.6) is 11.5 Å². The highest BCUT2D eigenvalue weighted by molar-refractivity contribution is 14.0.